The summed E-state index contributed by atoms with van der Waals surface area (Å²) >= 11 is 0. The lowest BCUT2D eigenvalue weighted by Gasteiger charge is -2.22. The van der Waals surface area contributed by atoms with Gasteiger partial charge < -0.3 is 5.32 Å². The molecular weight excluding hydrogens is 234 g/mol. The van der Waals surface area contributed by atoms with E-state index in [2.05, 4.69) is 38.2 Å². The zero-order chi connectivity index (χ0) is 13.9. The average molecular weight is 259 g/mol. The van der Waals surface area contributed by atoms with E-state index in [-0.39, 0.29) is 17.2 Å². The van der Waals surface area contributed by atoms with Crippen LogP contribution < -0.4 is 5.32 Å². The molecule has 1 amide bonds. The average Bonchev–Trinajstić information content (AvgIpc) is 2.39. The minimum atomic E-state index is 0.159. The summed E-state index contributed by atoms with van der Waals surface area (Å²) in [5.41, 5.74) is 2.37. The lowest BCUT2D eigenvalue weighted by Crippen LogP contribution is -2.24. The van der Waals surface area contributed by atoms with Crippen LogP contribution >= 0.6 is 0 Å². The first-order valence-electron chi connectivity index (χ1n) is 7.38. The van der Waals surface area contributed by atoms with E-state index in [4.69, 9.17) is 0 Å². The van der Waals surface area contributed by atoms with E-state index in [1.807, 2.05) is 12.1 Å². The molecule has 19 heavy (non-hydrogen) atoms. The van der Waals surface area contributed by atoms with Crippen molar-refractivity contribution < 1.29 is 4.79 Å². The normalized spacial score (nSPS) is 17.2. The van der Waals surface area contributed by atoms with Gasteiger partial charge >= 0.3 is 0 Å². The minimum Gasteiger partial charge on any atom is -0.326 e. The van der Waals surface area contributed by atoms with E-state index in [0.29, 0.717) is 0 Å². The second-order valence-electron chi connectivity index (χ2n) is 6.65. The summed E-state index contributed by atoms with van der Waals surface area (Å²) in [5, 5.41) is 3.05. The quantitative estimate of drug-likeness (QED) is 0.832. The van der Waals surface area contributed by atoms with Gasteiger partial charge in [0.2, 0.25) is 5.91 Å². The van der Waals surface area contributed by atoms with Crippen molar-refractivity contribution >= 4 is 11.6 Å². The molecule has 0 radical (unpaired) electrons. The van der Waals surface area contributed by atoms with Gasteiger partial charge in [-0.3, -0.25) is 4.79 Å². The molecule has 0 aliphatic heterocycles. The molecule has 2 heteroatoms. The van der Waals surface area contributed by atoms with Gasteiger partial charge in [0, 0.05) is 11.6 Å². The Morgan fingerprint density at radius 3 is 2.16 bits per heavy atom. The molecule has 2 nitrogen and oxygen atoms in total. The van der Waals surface area contributed by atoms with Crippen LogP contribution in [0, 0.1) is 5.92 Å². The van der Waals surface area contributed by atoms with Gasteiger partial charge in [-0.15, -0.1) is 0 Å². The molecule has 1 aliphatic carbocycles. The first kappa shape index (κ1) is 14.1. The summed E-state index contributed by atoms with van der Waals surface area (Å²) in [4.78, 5) is 12.1. The van der Waals surface area contributed by atoms with Crippen molar-refractivity contribution in [2.45, 2.75) is 58.3 Å². The van der Waals surface area contributed by atoms with Crippen molar-refractivity contribution in [1.82, 2.24) is 0 Å². The molecule has 0 aromatic heterocycles. The highest BCUT2D eigenvalue weighted by atomic mass is 16.1. The topological polar surface area (TPSA) is 29.1 Å². The van der Waals surface area contributed by atoms with Crippen LogP contribution in [-0.4, -0.2) is 5.91 Å². The lowest BCUT2D eigenvalue weighted by molar-refractivity contribution is -0.120. The molecule has 104 valence electrons. The van der Waals surface area contributed by atoms with Gasteiger partial charge in [-0.1, -0.05) is 52.2 Å². The van der Waals surface area contributed by atoms with Gasteiger partial charge in [-0.25, -0.2) is 0 Å². The zero-order valence-corrected chi connectivity index (χ0v) is 12.3. The molecule has 0 heterocycles. The Hall–Kier alpha value is -1.31. The fraction of sp³-hybridized carbons (Fsp3) is 0.588. The lowest BCUT2D eigenvalue weighted by atomic mass is 9.87. The SMILES string of the molecule is CC(C)(C)c1ccc(NC(=O)C2CCCCC2)cc1. The molecule has 2 rings (SSSR count). The number of carbonyl (C=O) groups is 1. The molecule has 0 bridgehead atoms. The van der Waals surface area contributed by atoms with Crippen LogP contribution in [0.5, 0.6) is 0 Å². The molecule has 0 spiro atoms. The molecule has 1 aliphatic rings. The number of carbonyl (C=O) groups excluding carboxylic acids is 1. The fourth-order valence-corrected chi connectivity index (χ4v) is 2.66. The van der Waals surface area contributed by atoms with E-state index in [0.717, 1.165) is 18.5 Å². The number of hydrogen-bond acceptors (Lipinski definition) is 1. The summed E-state index contributed by atoms with van der Waals surface area (Å²) < 4.78 is 0. The molecule has 1 aromatic rings. The summed E-state index contributed by atoms with van der Waals surface area (Å²) in [6, 6.07) is 8.25. The Morgan fingerprint density at radius 1 is 1.05 bits per heavy atom. The largest absolute Gasteiger partial charge is 0.326 e. The zero-order valence-electron chi connectivity index (χ0n) is 12.3. The van der Waals surface area contributed by atoms with E-state index in [1.165, 1.54) is 24.8 Å². The summed E-state index contributed by atoms with van der Waals surface area (Å²) in [6.45, 7) is 6.59. The summed E-state index contributed by atoms with van der Waals surface area (Å²) in [7, 11) is 0. The van der Waals surface area contributed by atoms with Gasteiger partial charge in [0.25, 0.3) is 0 Å². The minimum absolute atomic E-state index is 0.159. The number of anilines is 1. The van der Waals surface area contributed by atoms with E-state index < -0.39 is 0 Å². The third-order valence-corrected chi connectivity index (χ3v) is 3.99. The molecule has 1 N–H and O–H groups in total. The van der Waals surface area contributed by atoms with Crippen LogP contribution in [-0.2, 0) is 10.2 Å². The molecule has 1 fully saturated rings. The molecule has 0 unspecified atom stereocenters. The van der Waals surface area contributed by atoms with Crippen LogP contribution in [0.25, 0.3) is 0 Å². The number of benzene rings is 1. The highest BCUT2D eigenvalue weighted by molar-refractivity contribution is 5.92. The molecule has 1 aromatic carbocycles. The summed E-state index contributed by atoms with van der Waals surface area (Å²) in [5.74, 6) is 0.416. The van der Waals surface area contributed by atoms with Gasteiger partial charge in [-0.2, -0.15) is 0 Å². The Labute approximate surface area is 116 Å². The number of amides is 1. The second kappa shape index (κ2) is 5.77. The van der Waals surface area contributed by atoms with Crippen molar-refractivity contribution in [1.29, 1.82) is 0 Å². The number of nitrogens with one attached hydrogen (secondary N) is 1. The summed E-state index contributed by atoms with van der Waals surface area (Å²) in [6.07, 6.45) is 5.77. The maximum atomic E-state index is 12.1. The second-order valence-corrected chi connectivity index (χ2v) is 6.65. The highest BCUT2D eigenvalue weighted by Gasteiger charge is 2.21. The Kier molecular flexibility index (Phi) is 4.28. The van der Waals surface area contributed by atoms with Crippen molar-refractivity contribution in [3.63, 3.8) is 0 Å². The standard InChI is InChI=1S/C17H25NO/c1-17(2,3)14-9-11-15(12-10-14)18-16(19)13-7-5-4-6-8-13/h9-13H,4-8H2,1-3H3,(H,18,19). The molecule has 0 saturated heterocycles. The van der Waals surface area contributed by atoms with Crippen LogP contribution in [0.15, 0.2) is 24.3 Å². The third kappa shape index (κ3) is 3.82. The van der Waals surface area contributed by atoms with Crippen LogP contribution in [0.4, 0.5) is 5.69 Å². The smallest absolute Gasteiger partial charge is 0.227 e. The van der Waals surface area contributed by atoms with Gasteiger partial charge in [0.1, 0.15) is 0 Å². The van der Waals surface area contributed by atoms with Crippen LogP contribution in [0.2, 0.25) is 0 Å². The Morgan fingerprint density at radius 2 is 1.63 bits per heavy atom. The molecule has 0 atom stereocenters. The van der Waals surface area contributed by atoms with Crippen molar-refractivity contribution in [2.75, 3.05) is 5.32 Å². The van der Waals surface area contributed by atoms with Crippen LogP contribution in [0.1, 0.15) is 58.4 Å². The van der Waals surface area contributed by atoms with Crippen molar-refractivity contribution in [3.05, 3.63) is 29.8 Å². The van der Waals surface area contributed by atoms with Crippen molar-refractivity contribution in [3.8, 4) is 0 Å². The van der Waals surface area contributed by atoms with E-state index >= 15 is 0 Å². The molecule has 1 saturated carbocycles. The monoisotopic (exact) mass is 259 g/mol. The predicted octanol–water partition coefficient (Wildman–Crippen LogP) is 4.50. The van der Waals surface area contributed by atoms with Gasteiger partial charge in [-0.05, 0) is 36.0 Å². The van der Waals surface area contributed by atoms with Crippen LogP contribution in [0.3, 0.4) is 0 Å². The fourth-order valence-electron chi connectivity index (χ4n) is 2.66. The van der Waals surface area contributed by atoms with E-state index in [1.54, 1.807) is 0 Å². The first-order valence-corrected chi connectivity index (χ1v) is 7.38. The third-order valence-electron chi connectivity index (χ3n) is 3.99. The first-order chi connectivity index (χ1) is 8.97. The van der Waals surface area contributed by atoms with E-state index in [9.17, 15) is 4.79 Å². The number of rotatable bonds is 2. The predicted molar refractivity (Wildman–Crippen MR) is 80.3 cm³/mol. The maximum absolute atomic E-state index is 12.1. The van der Waals surface area contributed by atoms with Crippen molar-refractivity contribution in [2.24, 2.45) is 5.92 Å². The van der Waals surface area contributed by atoms with Gasteiger partial charge in [0.15, 0.2) is 0 Å². The maximum Gasteiger partial charge on any atom is 0.227 e. The Balaban J connectivity index is 1.97. The number of hydrogen-bond donors (Lipinski definition) is 1. The Bertz CT molecular complexity index is 422. The molecular formula is C17H25NO. The van der Waals surface area contributed by atoms with Gasteiger partial charge in [0.05, 0.1) is 0 Å². The highest BCUT2D eigenvalue weighted by Crippen LogP contribution is 2.26.